The lowest BCUT2D eigenvalue weighted by Gasteiger charge is -2.12. The third-order valence-electron chi connectivity index (χ3n) is 3.95. The Kier molecular flexibility index (Phi) is 6.94. The third kappa shape index (κ3) is 5.18. The lowest BCUT2D eigenvalue weighted by Crippen LogP contribution is -2.37. The van der Waals surface area contributed by atoms with Gasteiger partial charge in [-0.15, -0.1) is 0 Å². The molecule has 3 N–H and O–H groups in total. The summed E-state index contributed by atoms with van der Waals surface area (Å²) in [6.07, 6.45) is 0. The second-order valence-electron chi connectivity index (χ2n) is 5.83. The molecule has 1 atom stereocenters. The molecular formula is C18H21ClN4O3. The summed E-state index contributed by atoms with van der Waals surface area (Å²) in [6, 6.07) is 11.7. The second-order valence-corrected chi connectivity index (χ2v) is 6.24. The highest BCUT2D eigenvalue weighted by Crippen LogP contribution is 2.27. The maximum Gasteiger partial charge on any atom is 0.293 e. The van der Waals surface area contributed by atoms with Crippen LogP contribution in [0.15, 0.2) is 42.5 Å². The monoisotopic (exact) mass is 376 g/mol. The van der Waals surface area contributed by atoms with Crippen LogP contribution >= 0.6 is 11.6 Å². The van der Waals surface area contributed by atoms with Gasteiger partial charge in [-0.05, 0) is 37.7 Å². The van der Waals surface area contributed by atoms with E-state index in [4.69, 9.17) is 11.6 Å². The maximum atomic E-state index is 12.2. The first-order valence-corrected chi connectivity index (χ1v) is 8.51. The molecule has 0 aromatic heterocycles. The quantitative estimate of drug-likeness (QED) is 0.485. The van der Waals surface area contributed by atoms with Gasteiger partial charge in [0.25, 0.3) is 11.6 Å². The lowest BCUT2D eigenvalue weighted by molar-refractivity contribution is -0.384. The second kappa shape index (κ2) is 9.17. The van der Waals surface area contributed by atoms with Gasteiger partial charge in [0.05, 0.1) is 4.92 Å². The summed E-state index contributed by atoms with van der Waals surface area (Å²) in [7, 11) is 1.79. The fraction of sp³-hybridized carbons (Fsp3) is 0.278. The van der Waals surface area contributed by atoms with Crippen molar-refractivity contribution in [2.24, 2.45) is 0 Å². The van der Waals surface area contributed by atoms with E-state index < -0.39 is 4.92 Å². The fourth-order valence-electron chi connectivity index (χ4n) is 2.26. The Morgan fingerprint density at radius 1 is 1.27 bits per heavy atom. The van der Waals surface area contributed by atoms with Crippen LogP contribution < -0.4 is 16.0 Å². The van der Waals surface area contributed by atoms with Gasteiger partial charge in [-0.25, -0.2) is 0 Å². The number of amides is 1. The van der Waals surface area contributed by atoms with E-state index in [1.54, 1.807) is 19.2 Å². The van der Waals surface area contributed by atoms with Gasteiger partial charge in [0, 0.05) is 35.8 Å². The molecule has 0 fully saturated rings. The van der Waals surface area contributed by atoms with Crippen molar-refractivity contribution in [1.29, 1.82) is 0 Å². The average Bonchev–Trinajstić information content (AvgIpc) is 2.64. The summed E-state index contributed by atoms with van der Waals surface area (Å²) < 4.78 is 0. The molecule has 7 nitrogen and oxygen atoms in total. The van der Waals surface area contributed by atoms with Crippen molar-refractivity contribution in [3.8, 4) is 0 Å². The number of nitrogens with zero attached hydrogens (tertiary/aromatic N) is 1. The topological polar surface area (TPSA) is 96.3 Å². The number of anilines is 1. The minimum absolute atomic E-state index is 0.102. The van der Waals surface area contributed by atoms with E-state index in [2.05, 4.69) is 16.0 Å². The first-order chi connectivity index (χ1) is 12.4. The van der Waals surface area contributed by atoms with E-state index in [9.17, 15) is 14.9 Å². The van der Waals surface area contributed by atoms with Crippen molar-refractivity contribution in [3.05, 3.63) is 68.7 Å². The molecule has 2 aromatic rings. The van der Waals surface area contributed by atoms with E-state index in [-0.39, 0.29) is 23.2 Å². The third-order valence-corrected chi connectivity index (χ3v) is 4.31. The van der Waals surface area contributed by atoms with E-state index in [1.165, 1.54) is 12.1 Å². The maximum absolute atomic E-state index is 12.2. The zero-order valence-electron chi connectivity index (χ0n) is 14.6. The molecule has 0 spiro atoms. The molecule has 0 aliphatic rings. The number of carbonyl (C=O) groups excluding carboxylic acids is 1. The van der Waals surface area contributed by atoms with Crippen molar-refractivity contribution in [2.75, 3.05) is 18.9 Å². The molecular weight excluding hydrogens is 356 g/mol. The zero-order valence-corrected chi connectivity index (χ0v) is 15.3. The minimum atomic E-state index is -0.512. The minimum Gasteiger partial charge on any atom is -0.375 e. The molecule has 138 valence electrons. The number of nitrogens with one attached hydrogen (secondary N) is 3. The predicted molar refractivity (Wildman–Crippen MR) is 103 cm³/mol. The Morgan fingerprint density at radius 2 is 2.00 bits per heavy atom. The van der Waals surface area contributed by atoms with Gasteiger partial charge >= 0.3 is 0 Å². The van der Waals surface area contributed by atoms with Crippen LogP contribution in [0.2, 0.25) is 5.02 Å². The number of halogens is 1. The largest absolute Gasteiger partial charge is 0.375 e. The van der Waals surface area contributed by atoms with Gasteiger partial charge in [0.1, 0.15) is 5.69 Å². The molecule has 8 heteroatoms. The average molecular weight is 377 g/mol. The Bertz CT molecular complexity index is 798. The van der Waals surface area contributed by atoms with Gasteiger partial charge in [-0.1, -0.05) is 29.8 Å². The highest BCUT2D eigenvalue weighted by molar-refractivity contribution is 6.31. The number of rotatable bonds is 8. The summed E-state index contributed by atoms with van der Waals surface area (Å²) in [6.45, 7) is 2.69. The van der Waals surface area contributed by atoms with Crippen LogP contribution in [0, 0.1) is 10.1 Å². The molecule has 0 aliphatic heterocycles. The summed E-state index contributed by atoms with van der Waals surface area (Å²) in [5, 5.41) is 20.7. The SMILES string of the molecule is CNC(C)CNC(=O)c1ccc(NCc2ccccc2Cl)c([N+](=O)[O-])c1. The molecule has 26 heavy (non-hydrogen) atoms. The zero-order chi connectivity index (χ0) is 19.1. The number of nitro benzene ring substituents is 1. The van der Waals surface area contributed by atoms with Crippen LogP contribution in [0.4, 0.5) is 11.4 Å². The predicted octanol–water partition coefficient (Wildman–Crippen LogP) is 3.20. The Labute approximate surface area is 156 Å². The van der Waals surface area contributed by atoms with Crippen LogP contribution in [-0.4, -0.2) is 30.5 Å². The fourth-order valence-corrected chi connectivity index (χ4v) is 2.46. The normalized spacial score (nSPS) is 11.7. The van der Waals surface area contributed by atoms with E-state index >= 15 is 0 Å². The number of likely N-dealkylation sites (N-methyl/N-ethyl adjacent to an activating group) is 1. The number of nitro groups is 1. The molecule has 0 aliphatic carbocycles. The van der Waals surface area contributed by atoms with Crippen LogP contribution in [0.25, 0.3) is 0 Å². The Morgan fingerprint density at radius 3 is 2.65 bits per heavy atom. The molecule has 1 amide bonds. The molecule has 2 aromatic carbocycles. The molecule has 0 heterocycles. The van der Waals surface area contributed by atoms with E-state index in [1.807, 2.05) is 25.1 Å². The molecule has 0 saturated heterocycles. The van der Waals surface area contributed by atoms with Crippen LogP contribution in [0.5, 0.6) is 0 Å². The number of hydrogen-bond donors (Lipinski definition) is 3. The van der Waals surface area contributed by atoms with E-state index in [0.717, 1.165) is 5.56 Å². The van der Waals surface area contributed by atoms with Gasteiger partial charge in [0.2, 0.25) is 0 Å². The molecule has 1 unspecified atom stereocenters. The number of benzene rings is 2. The van der Waals surface area contributed by atoms with Crippen molar-refractivity contribution >= 4 is 28.9 Å². The Hall–Kier alpha value is -2.64. The van der Waals surface area contributed by atoms with Crippen molar-refractivity contribution in [1.82, 2.24) is 10.6 Å². The molecule has 0 saturated carbocycles. The van der Waals surface area contributed by atoms with Gasteiger partial charge < -0.3 is 16.0 Å². The standard InChI is InChI=1S/C18H21ClN4O3/c1-12(20-2)10-22-18(24)13-7-8-16(17(9-13)23(25)26)21-11-14-5-3-4-6-15(14)19/h3-9,12,20-21H,10-11H2,1-2H3,(H,22,24). The van der Waals surface area contributed by atoms with Gasteiger partial charge in [-0.2, -0.15) is 0 Å². The van der Waals surface area contributed by atoms with Crippen LogP contribution in [0.1, 0.15) is 22.8 Å². The van der Waals surface area contributed by atoms with Crippen LogP contribution in [-0.2, 0) is 6.54 Å². The highest BCUT2D eigenvalue weighted by Gasteiger charge is 2.18. The molecule has 0 bridgehead atoms. The molecule has 2 rings (SSSR count). The summed E-state index contributed by atoms with van der Waals surface area (Å²) in [5.74, 6) is -0.354. The van der Waals surface area contributed by atoms with Crippen LogP contribution in [0.3, 0.4) is 0 Å². The highest BCUT2D eigenvalue weighted by atomic mass is 35.5. The van der Waals surface area contributed by atoms with Crippen molar-refractivity contribution in [3.63, 3.8) is 0 Å². The lowest BCUT2D eigenvalue weighted by atomic mass is 10.1. The van der Waals surface area contributed by atoms with Gasteiger partial charge in [0.15, 0.2) is 0 Å². The van der Waals surface area contributed by atoms with Crippen molar-refractivity contribution in [2.45, 2.75) is 19.5 Å². The van der Waals surface area contributed by atoms with E-state index in [0.29, 0.717) is 23.8 Å². The number of carbonyl (C=O) groups is 1. The summed E-state index contributed by atoms with van der Waals surface area (Å²) in [4.78, 5) is 23.0. The van der Waals surface area contributed by atoms with Gasteiger partial charge in [-0.3, -0.25) is 14.9 Å². The smallest absolute Gasteiger partial charge is 0.293 e. The molecule has 0 radical (unpaired) electrons. The van der Waals surface area contributed by atoms with Crippen molar-refractivity contribution < 1.29 is 9.72 Å². The first-order valence-electron chi connectivity index (χ1n) is 8.13. The number of hydrogen-bond acceptors (Lipinski definition) is 5. The Balaban J connectivity index is 2.14. The summed E-state index contributed by atoms with van der Waals surface area (Å²) in [5.41, 5.74) is 1.23. The first kappa shape index (κ1) is 19.7. The summed E-state index contributed by atoms with van der Waals surface area (Å²) >= 11 is 6.10.